The SMILES string of the molecule is COc1ccc(-c2nc3c(s2)CN(S(=O)(=O)c2ccc(Br)cc2)CC3)cc1OC. The Balaban J connectivity index is 1.62. The molecule has 0 saturated carbocycles. The molecule has 152 valence electrons. The number of hydrogen-bond acceptors (Lipinski definition) is 6. The number of fused-ring (bicyclic) bond motifs is 1. The van der Waals surface area contributed by atoms with E-state index in [1.54, 1.807) is 38.5 Å². The van der Waals surface area contributed by atoms with Crippen LogP contribution in [0.25, 0.3) is 10.6 Å². The highest BCUT2D eigenvalue weighted by molar-refractivity contribution is 9.10. The van der Waals surface area contributed by atoms with Crippen LogP contribution < -0.4 is 9.47 Å². The molecule has 0 radical (unpaired) electrons. The fourth-order valence-electron chi connectivity index (χ4n) is 3.23. The van der Waals surface area contributed by atoms with E-state index in [0.717, 1.165) is 25.6 Å². The van der Waals surface area contributed by atoms with Crippen molar-refractivity contribution in [2.75, 3.05) is 20.8 Å². The van der Waals surface area contributed by atoms with Gasteiger partial charge in [0.05, 0.1) is 31.4 Å². The molecule has 4 rings (SSSR count). The van der Waals surface area contributed by atoms with E-state index in [-0.39, 0.29) is 0 Å². The Kier molecular flexibility index (Phi) is 5.65. The Morgan fingerprint density at radius 2 is 1.79 bits per heavy atom. The third kappa shape index (κ3) is 3.92. The van der Waals surface area contributed by atoms with Gasteiger partial charge in [-0.15, -0.1) is 11.3 Å². The normalized spacial score (nSPS) is 14.4. The maximum atomic E-state index is 13.0. The molecule has 9 heteroatoms. The van der Waals surface area contributed by atoms with Gasteiger partial charge in [0, 0.05) is 27.9 Å². The monoisotopic (exact) mass is 494 g/mol. The lowest BCUT2D eigenvalue weighted by Crippen LogP contribution is -2.35. The van der Waals surface area contributed by atoms with E-state index in [2.05, 4.69) is 15.9 Å². The van der Waals surface area contributed by atoms with Gasteiger partial charge in [-0.25, -0.2) is 13.4 Å². The fraction of sp³-hybridized carbons (Fsp3) is 0.250. The van der Waals surface area contributed by atoms with Crippen molar-refractivity contribution >= 4 is 37.3 Å². The van der Waals surface area contributed by atoms with Crippen molar-refractivity contribution in [3.8, 4) is 22.1 Å². The summed E-state index contributed by atoms with van der Waals surface area (Å²) < 4.78 is 39.0. The third-order valence-electron chi connectivity index (χ3n) is 4.78. The van der Waals surface area contributed by atoms with Crippen molar-refractivity contribution in [1.29, 1.82) is 0 Å². The van der Waals surface area contributed by atoms with E-state index in [9.17, 15) is 8.42 Å². The Morgan fingerprint density at radius 1 is 1.07 bits per heavy atom. The predicted molar refractivity (Wildman–Crippen MR) is 116 cm³/mol. The number of methoxy groups -OCH3 is 2. The molecular weight excluding hydrogens is 476 g/mol. The van der Waals surface area contributed by atoms with Crippen LogP contribution in [-0.2, 0) is 23.0 Å². The molecule has 0 fully saturated rings. The maximum absolute atomic E-state index is 13.0. The zero-order chi connectivity index (χ0) is 20.6. The van der Waals surface area contributed by atoms with Gasteiger partial charge in [0.15, 0.2) is 11.5 Å². The van der Waals surface area contributed by atoms with Crippen LogP contribution >= 0.6 is 27.3 Å². The second-order valence-corrected chi connectivity index (χ2v) is 10.4. The van der Waals surface area contributed by atoms with E-state index in [4.69, 9.17) is 14.5 Å². The van der Waals surface area contributed by atoms with E-state index in [1.807, 2.05) is 18.2 Å². The van der Waals surface area contributed by atoms with E-state index >= 15 is 0 Å². The fourth-order valence-corrected chi connectivity index (χ4v) is 6.10. The minimum Gasteiger partial charge on any atom is -0.493 e. The number of halogens is 1. The molecule has 0 atom stereocenters. The van der Waals surface area contributed by atoms with E-state index < -0.39 is 10.0 Å². The molecule has 29 heavy (non-hydrogen) atoms. The molecule has 1 aliphatic rings. The minimum absolute atomic E-state index is 0.300. The van der Waals surface area contributed by atoms with Gasteiger partial charge in [0.1, 0.15) is 5.01 Å². The lowest BCUT2D eigenvalue weighted by atomic mass is 10.2. The number of sulfonamides is 1. The summed E-state index contributed by atoms with van der Waals surface area (Å²) in [5, 5.41) is 0.846. The summed E-state index contributed by atoms with van der Waals surface area (Å²) in [7, 11) is -0.348. The highest BCUT2D eigenvalue weighted by Gasteiger charge is 2.30. The molecule has 3 aromatic rings. The predicted octanol–water partition coefficient (Wildman–Crippen LogP) is 4.34. The van der Waals surface area contributed by atoms with Gasteiger partial charge in [-0.2, -0.15) is 4.31 Å². The smallest absolute Gasteiger partial charge is 0.243 e. The average Bonchev–Trinajstić information content (AvgIpc) is 3.17. The lowest BCUT2D eigenvalue weighted by molar-refractivity contribution is 0.355. The van der Waals surface area contributed by atoms with Crippen LogP contribution in [0.15, 0.2) is 51.8 Å². The summed E-state index contributed by atoms with van der Waals surface area (Å²) in [5.74, 6) is 1.29. The van der Waals surface area contributed by atoms with Crippen molar-refractivity contribution < 1.29 is 17.9 Å². The van der Waals surface area contributed by atoms with Crippen molar-refractivity contribution in [3.63, 3.8) is 0 Å². The van der Waals surface area contributed by atoms with Crippen LogP contribution in [0.1, 0.15) is 10.6 Å². The third-order valence-corrected chi connectivity index (χ3v) is 8.30. The first-order chi connectivity index (χ1) is 13.9. The van der Waals surface area contributed by atoms with Gasteiger partial charge in [-0.05, 0) is 42.5 Å². The van der Waals surface area contributed by atoms with Crippen molar-refractivity contribution in [3.05, 3.63) is 57.5 Å². The van der Waals surface area contributed by atoms with Crippen LogP contribution in [-0.4, -0.2) is 38.5 Å². The van der Waals surface area contributed by atoms with E-state index in [1.165, 1.54) is 15.6 Å². The Morgan fingerprint density at radius 3 is 2.48 bits per heavy atom. The second kappa shape index (κ2) is 8.06. The van der Waals surface area contributed by atoms with Crippen molar-refractivity contribution in [2.24, 2.45) is 0 Å². The van der Waals surface area contributed by atoms with Crippen LogP contribution in [0.2, 0.25) is 0 Å². The molecule has 1 aromatic heterocycles. The topological polar surface area (TPSA) is 68.7 Å². The molecule has 2 heterocycles. The Bertz CT molecular complexity index is 1140. The second-order valence-electron chi connectivity index (χ2n) is 6.50. The standard InChI is InChI=1S/C20H19BrN2O4S2/c1-26-17-8-3-13(11-18(17)27-2)20-22-16-9-10-23(12-19(16)28-20)29(24,25)15-6-4-14(21)5-7-15/h3-8,11H,9-10,12H2,1-2H3. The number of ether oxygens (including phenoxy) is 2. The minimum atomic E-state index is -3.54. The first-order valence-corrected chi connectivity index (χ1v) is 11.9. The molecule has 0 saturated heterocycles. The first-order valence-electron chi connectivity index (χ1n) is 8.89. The Labute approximate surface area is 182 Å². The van der Waals surface area contributed by atoms with Gasteiger partial charge in [0.25, 0.3) is 0 Å². The number of thiazole rings is 1. The summed E-state index contributed by atoms with van der Waals surface area (Å²) in [4.78, 5) is 6.02. The summed E-state index contributed by atoms with van der Waals surface area (Å²) >= 11 is 4.86. The average molecular weight is 495 g/mol. The molecule has 0 spiro atoms. The van der Waals surface area contributed by atoms with Crippen molar-refractivity contribution in [1.82, 2.24) is 9.29 Å². The highest BCUT2D eigenvalue weighted by atomic mass is 79.9. The number of rotatable bonds is 5. The quantitative estimate of drug-likeness (QED) is 0.527. The van der Waals surface area contributed by atoms with Gasteiger partial charge >= 0.3 is 0 Å². The number of nitrogens with zero attached hydrogens (tertiary/aromatic N) is 2. The molecule has 0 amide bonds. The van der Waals surface area contributed by atoms with Gasteiger partial charge in [0.2, 0.25) is 10.0 Å². The molecular formula is C20H19BrN2O4S2. The van der Waals surface area contributed by atoms with Gasteiger partial charge in [-0.1, -0.05) is 15.9 Å². The zero-order valence-electron chi connectivity index (χ0n) is 15.9. The molecule has 2 aromatic carbocycles. The van der Waals surface area contributed by atoms with Crippen LogP contribution in [0, 0.1) is 0 Å². The maximum Gasteiger partial charge on any atom is 0.243 e. The highest BCUT2D eigenvalue weighted by Crippen LogP contribution is 2.37. The largest absolute Gasteiger partial charge is 0.493 e. The molecule has 0 unspecified atom stereocenters. The zero-order valence-corrected chi connectivity index (χ0v) is 19.1. The van der Waals surface area contributed by atoms with Crippen LogP contribution in [0.4, 0.5) is 0 Å². The van der Waals surface area contributed by atoms with E-state index in [0.29, 0.717) is 35.9 Å². The molecule has 6 nitrogen and oxygen atoms in total. The van der Waals surface area contributed by atoms with Crippen molar-refractivity contribution in [2.45, 2.75) is 17.9 Å². The number of aromatic nitrogens is 1. The summed E-state index contributed by atoms with van der Waals surface area (Å²) in [6.45, 7) is 0.749. The Hall–Kier alpha value is -1.94. The van der Waals surface area contributed by atoms with Crippen LogP contribution in [0.3, 0.4) is 0 Å². The molecule has 1 aliphatic heterocycles. The first kappa shape index (κ1) is 20.3. The summed E-state index contributed by atoms with van der Waals surface area (Å²) in [5.41, 5.74) is 1.88. The lowest BCUT2D eigenvalue weighted by Gasteiger charge is -2.25. The summed E-state index contributed by atoms with van der Waals surface area (Å²) in [6.07, 6.45) is 0.592. The van der Waals surface area contributed by atoms with Crippen LogP contribution in [0.5, 0.6) is 11.5 Å². The number of benzene rings is 2. The molecule has 0 bridgehead atoms. The number of hydrogen-bond donors (Lipinski definition) is 0. The van der Waals surface area contributed by atoms with Gasteiger partial charge in [-0.3, -0.25) is 0 Å². The summed E-state index contributed by atoms with van der Waals surface area (Å²) in [6, 6.07) is 12.4. The molecule has 0 N–H and O–H groups in total. The van der Waals surface area contributed by atoms with Gasteiger partial charge < -0.3 is 9.47 Å². The molecule has 0 aliphatic carbocycles.